The molecular formula is C24H25N3O3S. The largest absolute Gasteiger partial charge is 0.493 e. The lowest BCUT2D eigenvalue weighted by Crippen LogP contribution is -2.47. The molecule has 1 fully saturated rings. The van der Waals surface area contributed by atoms with Gasteiger partial charge in [0.25, 0.3) is 0 Å². The first-order chi connectivity index (χ1) is 15.1. The van der Waals surface area contributed by atoms with E-state index in [0.717, 1.165) is 16.5 Å². The van der Waals surface area contributed by atoms with Crippen LogP contribution < -0.4 is 9.47 Å². The zero-order valence-electron chi connectivity index (χ0n) is 17.9. The van der Waals surface area contributed by atoms with Crippen LogP contribution in [0.4, 0.5) is 0 Å². The molecule has 160 valence electrons. The van der Waals surface area contributed by atoms with Crippen LogP contribution in [0.25, 0.3) is 0 Å². The molecule has 2 atom stereocenters. The van der Waals surface area contributed by atoms with Crippen LogP contribution in [0.2, 0.25) is 0 Å². The summed E-state index contributed by atoms with van der Waals surface area (Å²) in [7, 11) is 3.17. The molecule has 2 unspecified atom stereocenters. The number of benzene rings is 2. The molecule has 2 heterocycles. The van der Waals surface area contributed by atoms with Gasteiger partial charge in [0.05, 0.1) is 43.4 Å². The summed E-state index contributed by atoms with van der Waals surface area (Å²) < 4.78 is 10.7. The highest BCUT2D eigenvalue weighted by molar-refractivity contribution is 8.03. The van der Waals surface area contributed by atoms with Crippen LogP contribution in [-0.2, 0) is 4.79 Å². The van der Waals surface area contributed by atoms with Gasteiger partial charge in [-0.2, -0.15) is 5.26 Å². The van der Waals surface area contributed by atoms with Gasteiger partial charge in [0.2, 0.25) is 5.91 Å². The Morgan fingerprint density at radius 2 is 1.87 bits per heavy atom. The molecule has 0 radical (unpaired) electrons. The number of fused-ring (bicyclic) bond motifs is 1. The molecule has 6 nitrogen and oxygen atoms in total. The van der Waals surface area contributed by atoms with Crippen molar-refractivity contribution in [1.82, 2.24) is 9.80 Å². The molecule has 0 bridgehead atoms. The topological polar surface area (TPSA) is 65.8 Å². The summed E-state index contributed by atoms with van der Waals surface area (Å²) in [6, 6.07) is 18.4. The SMILES string of the molecule is COc1ccc(C2CC(=O)N3CN(C(C)c4ccccc4)CSC3=C2C#N)cc1OC. The molecule has 4 rings (SSSR count). The zero-order chi connectivity index (χ0) is 22.0. The van der Waals surface area contributed by atoms with Crippen LogP contribution in [-0.4, -0.2) is 42.5 Å². The minimum Gasteiger partial charge on any atom is -0.493 e. The van der Waals surface area contributed by atoms with Crippen molar-refractivity contribution in [2.24, 2.45) is 0 Å². The highest BCUT2D eigenvalue weighted by Crippen LogP contribution is 2.45. The summed E-state index contributed by atoms with van der Waals surface area (Å²) >= 11 is 1.56. The van der Waals surface area contributed by atoms with Crippen molar-refractivity contribution in [3.05, 3.63) is 70.3 Å². The molecule has 1 amide bonds. The number of hydrogen-bond donors (Lipinski definition) is 0. The van der Waals surface area contributed by atoms with Gasteiger partial charge in [-0.3, -0.25) is 14.6 Å². The van der Waals surface area contributed by atoms with E-state index in [1.165, 1.54) is 5.56 Å². The predicted octanol–water partition coefficient (Wildman–Crippen LogP) is 4.48. The van der Waals surface area contributed by atoms with E-state index in [-0.39, 0.29) is 24.3 Å². The van der Waals surface area contributed by atoms with Gasteiger partial charge in [0.1, 0.15) is 0 Å². The van der Waals surface area contributed by atoms with E-state index < -0.39 is 0 Å². The predicted molar refractivity (Wildman–Crippen MR) is 120 cm³/mol. The lowest BCUT2D eigenvalue weighted by atomic mass is 9.86. The third kappa shape index (κ3) is 4.01. The average Bonchev–Trinajstić information content (AvgIpc) is 2.83. The second-order valence-corrected chi connectivity index (χ2v) is 8.55. The number of methoxy groups -OCH3 is 2. The van der Waals surface area contributed by atoms with Crippen LogP contribution in [0, 0.1) is 11.3 Å². The number of nitrogens with zero attached hydrogens (tertiary/aromatic N) is 3. The molecule has 0 aromatic heterocycles. The number of thioether (sulfide) groups is 1. The van der Waals surface area contributed by atoms with E-state index in [9.17, 15) is 10.1 Å². The molecule has 31 heavy (non-hydrogen) atoms. The Labute approximate surface area is 187 Å². The average molecular weight is 436 g/mol. The van der Waals surface area contributed by atoms with Gasteiger partial charge >= 0.3 is 0 Å². The Morgan fingerprint density at radius 1 is 1.13 bits per heavy atom. The van der Waals surface area contributed by atoms with Crippen molar-refractivity contribution in [3.8, 4) is 17.6 Å². The fourth-order valence-electron chi connectivity index (χ4n) is 4.12. The lowest BCUT2D eigenvalue weighted by Gasteiger charge is -2.43. The number of ether oxygens (including phenoxy) is 2. The van der Waals surface area contributed by atoms with Gasteiger partial charge in [-0.05, 0) is 30.2 Å². The van der Waals surface area contributed by atoms with Gasteiger partial charge in [-0.15, -0.1) is 0 Å². The molecular weight excluding hydrogens is 410 g/mol. The third-order valence-corrected chi connectivity index (χ3v) is 7.13. The van der Waals surface area contributed by atoms with E-state index in [2.05, 4.69) is 30.0 Å². The highest BCUT2D eigenvalue weighted by atomic mass is 32.2. The third-order valence-electron chi connectivity index (χ3n) is 5.95. The molecule has 2 aliphatic heterocycles. The monoisotopic (exact) mass is 435 g/mol. The number of amides is 1. The van der Waals surface area contributed by atoms with E-state index in [0.29, 0.717) is 23.7 Å². The lowest BCUT2D eigenvalue weighted by molar-refractivity contribution is -0.132. The second kappa shape index (κ2) is 9.04. The van der Waals surface area contributed by atoms with Crippen LogP contribution >= 0.6 is 11.8 Å². The maximum Gasteiger partial charge on any atom is 0.229 e. The van der Waals surface area contributed by atoms with Gasteiger partial charge < -0.3 is 9.47 Å². The van der Waals surface area contributed by atoms with Gasteiger partial charge in [-0.1, -0.05) is 48.2 Å². The summed E-state index contributed by atoms with van der Waals surface area (Å²) in [5, 5.41) is 10.8. The fraction of sp³-hybridized carbons (Fsp3) is 0.333. The van der Waals surface area contributed by atoms with Gasteiger partial charge in [0, 0.05) is 18.4 Å². The molecule has 0 saturated carbocycles. The smallest absolute Gasteiger partial charge is 0.229 e. The van der Waals surface area contributed by atoms with E-state index in [1.54, 1.807) is 30.9 Å². The summed E-state index contributed by atoms with van der Waals surface area (Å²) in [4.78, 5) is 17.2. The summed E-state index contributed by atoms with van der Waals surface area (Å²) in [5.74, 6) is 1.69. The van der Waals surface area contributed by atoms with Crippen molar-refractivity contribution >= 4 is 17.7 Å². The van der Waals surface area contributed by atoms with E-state index in [4.69, 9.17) is 9.47 Å². The van der Waals surface area contributed by atoms with E-state index in [1.807, 2.05) is 36.4 Å². The van der Waals surface area contributed by atoms with Gasteiger partial charge in [0.15, 0.2) is 11.5 Å². The summed E-state index contributed by atoms with van der Waals surface area (Å²) in [6.07, 6.45) is 0.260. The van der Waals surface area contributed by atoms with Crippen molar-refractivity contribution < 1.29 is 14.3 Å². The Balaban J connectivity index is 1.63. The number of carbonyl (C=O) groups excluding carboxylic acids is 1. The Morgan fingerprint density at radius 3 is 2.55 bits per heavy atom. The second-order valence-electron chi connectivity index (χ2n) is 7.61. The highest BCUT2D eigenvalue weighted by Gasteiger charge is 2.39. The minimum atomic E-state index is -0.283. The van der Waals surface area contributed by atoms with Crippen LogP contribution in [0.1, 0.15) is 36.4 Å². The van der Waals surface area contributed by atoms with Crippen molar-refractivity contribution in [3.63, 3.8) is 0 Å². The summed E-state index contributed by atoms with van der Waals surface area (Å²) in [6.45, 7) is 2.64. The number of nitriles is 1. The molecule has 2 aliphatic rings. The molecule has 7 heteroatoms. The number of allylic oxidation sites excluding steroid dienone is 1. The molecule has 1 saturated heterocycles. The Hall–Kier alpha value is -2.95. The standard InChI is InChI=1S/C24H25N3O3S/c1-16(17-7-5-4-6-8-17)26-14-27-23(28)12-19(20(13-25)24(27)31-15-26)18-9-10-21(29-2)22(11-18)30-3/h4-11,16,19H,12,14-15H2,1-3H3. The first kappa shape index (κ1) is 21.3. The normalized spacial score (nSPS) is 20.1. The minimum absolute atomic E-state index is 0.0336. The molecule has 0 spiro atoms. The first-order valence-corrected chi connectivity index (χ1v) is 11.1. The maximum atomic E-state index is 13.1. The summed E-state index contributed by atoms with van der Waals surface area (Å²) in [5.41, 5.74) is 2.74. The van der Waals surface area contributed by atoms with Gasteiger partial charge in [-0.25, -0.2) is 0 Å². The van der Waals surface area contributed by atoms with Crippen LogP contribution in [0.3, 0.4) is 0 Å². The maximum absolute atomic E-state index is 13.1. The Bertz CT molecular complexity index is 1050. The molecule has 0 aliphatic carbocycles. The van der Waals surface area contributed by atoms with Crippen LogP contribution in [0.5, 0.6) is 11.5 Å². The molecule has 2 aromatic carbocycles. The van der Waals surface area contributed by atoms with Crippen molar-refractivity contribution in [2.75, 3.05) is 26.8 Å². The van der Waals surface area contributed by atoms with Crippen LogP contribution in [0.15, 0.2) is 59.1 Å². The quantitative estimate of drug-likeness (QED) is 0.690. The first-order valence-electron chi connectivity index (χ1n) is 10.2. The van der Waals surface area contributed by atoms with E-state index >= 15 is 0 Å². The number of rotatable bonds is 5. The van der Waals surface area contributed by atoms with Crippen molar-refractivity contribution in [2.45, 2.75) is 25.3 Å². The fourth-order valence-corrected chi connectivity index (χ4v) is 5.37. The van der Waals surface area contributed by atoms with Crippen molar-refractivity contribution in [1.29, 1.82) is 5.26 Å². The zero-order valence-corrected chi connectivity index (χ0v) is 18.7. The molecule has 0 N–H and O–H groups in total. The number of hydrogen-bond acceptors (Lipinski definition) is 6. The Kier molecular flexibility index (Phi) is 6.21. The number of carbonyl (C=O) groups is 1. The molecule has 2 aromatic rings.